The first-order valence-corrected chi connectivity index (χ1v) is 8.22. The van der Waals surface area contributed by atoms with Crippen LogP contribution in [-0.2, 0) is 9.47 Å². The van der Waals surface area contributed by atoms with Crippen molar-refractivity contribution in [2.45, 2.75) is 45.8 Å². The van der Waals surface area contributed by atoms with Gasteiger partial charge in [-0.15, -0.1) is 0 Å². The minimum absolute atomic E-state index is 0. The predicted octanol–water partition coefficient (Wildman–Crippen LogP) is 1.06. The lowest BCUT2D eigenvalue weighted by Crippen LogP contribution is -2.38. The molecule has 25 heavy (non-hydrogen) atoms. The number of nitrogens with zero attached hydrogens (tertiary/aromatic N) is 3. The summed E-state index contributed by atoms with van der Waals surface area (Å²) in [6.45, 7) is 11.0. The van der Waals surface area contributed by atoms with Crippen molar-refractivity contribution in [1.29, 1.82) is 0 Å². The van der Waals surface area contributed by atoms with Gasteiger partial charge in [-0.3, -0.25) is 0 Å². The van der Waals surface area contributed by atoms with Gasteiger partial charge >= 0.3 is 5.97 Å². The molecule has 0 radical (unpaired) electrons. The predicted molar refractivity (Wildman–Crippen MR) is 98.0 cm³/mol. The molecule has 0 amide bonds. The van der Waals surface area contributed by atoms with Crippen LogP contribution in [0.3, 0.4) is 0 Å². The number of rotatable bonds is 2. The zero-order valence-electron chi connectivity index (χ0n) is 16.1. The molecule has 0 aliphatic carbocycles. The number of nitrogens with one attached hydrogen (secondary N) is 1. The third-order valence-corrected chi connectivity index (χ3v) is 3.63. The van der Waals surface area contributed by atoms with E-state index in [2.05, 4.69) is 31.8 Å². The van der Waals surface area contributed by atoms with Gasteiger partial charge in [-0.2, -0.15) is 0 Å². The first kappa shape index (κ1) is 23.2. The SMILES string of the molecule is COC(=O)c1ccnc(N2CCCNC[C@@H]2C)n1.COC(C)(C)C.O. The largest absolute Gasteiger partial charge is 0.464 e. The first-order chi connectivity index (χ1) is 11.3. The fraction of sp³-hybridized carbons (Fsp3) is 0.706. The Balaban J connectivity index is 0.000000715. The van der Waals surface area contributed by atoms with Gasteiger partial charge in [0.1, 0.15) is 0 Å². The molecule has 1 aliphatic rings. The fourth-order valence-electron chi connectivity index (χ4n) is 2.02. The van der Waals surface area contributed by atoms with Crippen molar-refractivity contribution in [1.82, 2.24) is 15.3 Å². The van der Waals surface area contributed by atoms with Gasteiger partial charge in [0.05, 0.1) is 12.7 Å². The number of hydrogen-bond acceptors (Lipinski definition) is 7. The van der Waals surface area contributed by atoms with Gasteiger partial charge in [-0.25, -0.2) is 14.8 Å². The molecule has 0 spiro atoms. The van der Waals surface area contributed by atoms with E-state index in [0.29, 0.717) is 17.7 Å². The molecule has 2 heterocycles. The number of hydrogen-bond donors (Lipinski definition) is 1. The number of carbonyl (C=O) groups is 1. The summed E-state index contributed by atoms with van der Waals surface area (Å²) in [5.74, 6) is 0.161. The molecule has 1 saturated heterocycles. The van der Waals surface area contributed by atoms with E-state index in [1.165, 1.54) is 7.11 Å². The third kappa shape index (κ3) is 8.24. The number of aromatic nitrogens is 2. The van der Waals surface area contributed by atoms with Crippen molar-refractivity contribution in [2.75, 3.05) is 38.8 Å². The maximum Gasteiger partial charge on any atom is 0.356 e. The molecule has 2 rings (SSSR count). The summed E-state index contributed by atoms with van der Waals surface area (Å²) in [6, 6.07) is 1.87. The number of esters is 1. The van der Waals surface area contributed by atoms with E-state index < -0.39 is 5.97 Å². The molecule has 0 bridgehead atoms. The van der Waals surface area contributed by atoms with E-state index in [9.17, 15) is 4.79 Å². The van der Waals surface area contributed by atoms with Crippen LogP contribution < -0.4 is 10.2 Å². The van der Waals surface area contributed by atoms with E-state index >= 15 is 0 Å². The zero-order chi connectivity index (χ0) is 18.2. The molecule has 1 aliphatic heterocycles. The number of carbonyl (C=O) groups excluding carboxylic acids is 1. The second-order valence-corrected chi connectivity index (χ2v) is 6.65. The molecule has 0 saturated carbocycles. The minimum Gasteiger partial charge on any atom is -0.464 e. The Bertz CT molecular complexity index is 520. The molecule has 1 aromatic rings. The summed E-state index contributed by atoms with van der Waals surface area (Å²) in [5.41, 5.74) is 0.340. The quantitative estimate of drug-likeness (QED) is 0.789. The summed E-state index contributed by atoms with van der Waals surface area (Å²) in [4.78, 5) is 22.1. The lowest BCUT2D eigenvalue weighted by molar-refractivity contribution is 0.0397. The van der Waals surface area contributed by atoms with Crippen LogP contribution in [0.4, 0.5) is 5.95 Å². The highest BCUT2D eigenvalue weighted by Crippen LogP contribution is 2.14. The molecule has 8 heteroatoms. The summed E-state index contributed by atoms with van der Waals surface area (Å²) >= 11 is 0. The van der Waals surface area contributed by atoms with Crippen LogP contribution in [0.15, 0.2) is 12.3 Å². The van der Waals surface area contributed by atoms with Crippen molar-refractivity contribution < 1.29 is 19.7 Å². The summed E-state index contributed by atoms with van der Waals surface area (Å²) in [6.07, 6.45) is 2.63. The van der Waals surface area contributed by atoms with Crippen LogP contribution in [0.5, 0.6) is 0 Å². The van der Waals surface area contributed by atoms with Crippen molar-refractivity contribution in [2.24, 2.45) is 0 Å². The minimum atomic E-state index is -0.431. The molecule has 144 valence electrons. The van der Waals surface area contributed by atoms with E-state index in [4.69, 9.17) is 4.74 Å². The molecule has 1 atom stereocenters. The van der Waals surface area contributed by atoms with Gasteiger partial charge in [-0.1, -0.05) is 0 Å². The fourth-order valence-corrected chi connectivity index (χ4v) is 2.02. The van der Waals surface area contributed by atoms with Crippen LogP contribution in [0.1, 0.15) is 44.6 Å². The molecule has 8 nitrogen and oxygen atoms in total. The highest BCUT2D eigenvalue weighted by molar-refractivity contribution is 5.87. The van der Waals surface area contributed by atoms with Crippen LogP contribution in [0.2, 0.25) is 0 Å². The van der Waals surface area contributed by atoms with Gasteiger partial charge in [0, 0.05) is 32.4 Å². The highest BCUT2D eigenvalue weighted by Gasteiger charge is 2.20. The third-order valence-electron chi connectivity index (χ3n) is 3.63. The summed E-state index contributed by atoms with van der Waals surface area (Å²) in [5, 5.41) is 3.36. The van der Waals surface area contributed by atoms with Gasteiger partial charge < -0.3 is 25.2 Å². The monoisotopic (exact) mass is 356 g/mol. The number of anilines is 1. The van der Waals surface area contributed by atoms with Crippen molar-refractivity contribution in [3.05, 3.63) is 18.0 Å². The summed E-state index contributed by atoms with van der Waals surface area (Å²) in [7, 11) is 3.06. The Hall–Kier alpha value is -1.77. The maximum absolute atomic E-state index is 11.5. The topological polar surface area (TPSA) is 108 Å². The Morgan fingerprint density at radius 2 is 2.00 bits per heavy atom. The van der Waals surface area contributed by atoms with E-state index in [0.717, 1.165) is 26.1 Å². The van der Waals surface area contributed by atoms with Gasteiger partial charge in [0.2, 0.25) is 5.95 Å². The first-order valence-electron chi connectivity index (χ1n) is 8.22. The van der Waals surface area contributed by atoms with Crippen molar-refractivity contribution >= 4 is 11.9 Å². The van der Waals surface area contributed by atoms with Crippen molar-refractivity contribution in [3.63, 3.8) is 0 Å². The van der Waals surface area contributed by atoms with Crippen LogP contribution in [-0.4, -0.2) is 66.9 Å². The molecule has 3 N–H and O–H groups in total. The second kappa shape index (κ2) is 11.0. The molecule has 0 aromatic carbocycles. The highest BCUT2D eigenvalue weighted by atomic mass is 16.5. The molecular weight excluding hydrogens is 324 g/mol. The maximum atomic E-state index is 11.5. The van der Waals surface area contributed by atoms with E-state index in [1.54, 1.807) is 19.4 Å². The number of ether oxygens (including phenoxy) is 2. The molecule has 1 aromatic heterocycles. The molecule has 1 fully saturated rings. The molecular formula is C17H32N4O4. The summed E-state index contributed by atoms with van der Waals surface area (Å²) < 4.78 is 9.61. The average Bonchev–Trinajstić information content (AvgIpc) is 2.78. The van der Waals surface area contributed by atoms with Crippen molar-refractivity contribution in [3.8, 4) is 0 Å². The van der Waals surface area contributed by atoms with E-state index in [-0.39, 0.29) is 11.1 Å². The van der Waals surface area contributed by atoms with Gasteiger partial charge in [-0.05, 0) is 46.7 Å². The Morgan fingerprint density at radius 1 is 1.36 bits per heavy atom. The molecule has 0 unspecified atom stereocenters. The lowest BCUT2D eigenvalue weighted by atomic mass is 10.2. The van der Waals surface area contributed by atoms with Gasteiger partial charge in [0.15, 0.2) is 5.69 Å². The Labute approximate surface area is 150 Å². The normalized spacial score (nSPS) is 17.5. The second-order valence-electron chi connectivity index (χ2n) is 6.65. The smallest absolute Gasteiger partial charge is 0.356 e. The van der Waals surface area contributed by atoms with Crippen LogP contribution in [0, 0.1) is 0 Å². The van der Waals surface area contributed by atoms with E-state index in [1.807, 2.05) is 20.8 Å². The zero-order valence-corrected chi connectivity index (χ0v) is 16.1. The lowest BCUT2D eigenvalue weighted by Gasteiger charge is -2.26. The van der Waals surface area contributed by atoms with Crippen LogP contribution >= 0.6 is 0 Å². The van der Waals surface area contributed by atoms with Gasteiger partial charge in [0.25, 0.3) is 0 Å². The Morgan fingerprint density at radius 3 is 2.56 bits per heavy atom. The number of methoxy groups -OCH3 is 2. The average molecular weight is 356 g/mol. The Kier molecular flexibility index (Phi) is 10.2. The van der Waals surface area contributed by atoms with Crippen LogP contribution in [0.25, 0.3) is 0 Å². The standard InChI is InChI=1S/C12H18N4O2.C5H12O.H2O/c1-9-8-13-5-3-7-16(9)12-14-6-4-10(15-12)11(17)18-2;1-5(2,3)6-4;/h4,6,9,13H,3,5,7-8H2,1-2H3;1-4H3;1H2/t9-;;/m0../s1.